The van der Waals surface area contributed by atoms with Crippen molar-refractivity contribution in [2.24, 2.45) is 0 Å². The van der Waals surface area contributed by atoms with Crippen molar-refractivity contribution >= 4 is 10.0 Å². The van der Waals surface area contributed by atoms with E-state index < -0.39 is 46.2 Å². The zero-order valence-electron chi connectivity index (χ0n) is 15.2. The first-order valence-corrected chi connectivity index (χ1v) is 9.53. The molecule has 10 heteroatoms. The molecule has 2 rings (SSSR count). The third kappa shape index (κ3) is 5.41. The summed E-state index contributed by atoms with van der Waals surface area (Å²) in [7, 11) is -4.54. The standard InChI is InChI=1S/C18H18F5NO3S/c1-10-4-11(2)17(12(3)5-10)28(25,26)24-16(18(21,22)23)9-27-15-7-13(19)6-14(20)8-15/h4-8,16,24H,9H2,1-3H3. The van der Waals surface area contributed by atoms with Gasteiger partial charge in [0.1, 0.15) is 24.0 Å². The number of aryl methyl sites for hydroxylation is 3. The second-order valence-electron chi connectivity index (χ2n) is 6.36. The molecule has 154 valence electrons. The molecule has 2 aromatic rings. The third-order valence-electron chi connectivity index (χ3n) is 3.82. The summed E-state index contributed by atoms with van der Waals surface area (Å²) in [6.45, 7) is 3.48. The van der Waals surface area contributed by atoms with Crippen LogP contribution in [0.5, 0.6) is 5.75 Å². The van der Waals surface area contributed by atoms with Gasteiger partial charge in [-0.15, -0.1) is 0 Å². The highest BCUT2D eigenvalue weighted by molar-refractivity contribution is 7.89. The fraction of sp³-hybridized carbons (Fsp3) is 0.333. The second-order valence-corrected chi connectivity index (χ2v) is 8.01. The van der Waals surface area contributed by atoms with Crippen molar-refractivity contribution in [2.75, 3.05) is 6.61 Å². The maximum Gasteiger partial charge on any atom is 0.408 e. The molecule has 0 bridgehead atoms. The molecule has 0 saturated carbocycles. The van der Waals surface area contributed by atoms with Crippen LogP contribution in [0.25, 0.3) is 0 Å². The lowest BCUT2D eigenvalue weighted by molar-refractivity contribution is -0.157. The van der Waals surface area contributed by atoms with Crippen LogP contribution in [-0.4, -0.2) is 27.2 Å². The maximum absolute atomic E-state index is 13.3. The summed E-state index contributed by atoms with van der Waals surface area (Å²) >= 11 is 0. The number of halogens is 5. The van der Waals surface area contributed by atoms with Gasteiger partial charge in [0.15, 0.2) is 6.04 Å². The number of hydrogen-bond acceptors (Lipinski definition) is 3. The van der Waals surface area contributed by atoms with Crippen LogP contribution in [0.4, 0.5) is 22.0 Å². The van der Waals surface area contributed by atoms with E-state index in [0.717, 1.165) is 5.56 Å². The molecule has 0 fully saturated rings. The minimum atomic E-state index is -4.99. The van der Waals surface area contributed by atoms with Crippen LogP contribution in [-0.2, 0) is 10.0 Å². The minimum Gasteiger partial charge on any atom is -0.491 e. The molecule has 0 amide bonds. The van der Waals surface area contributed by atoms with Crippen LogP contribution in [0, 0.1) is 32.4 Å². The molecule has 0 aliphatic rings. The van der Waals surface area contributed by atoms with Gasteiger partial charge in [0.05, 0.1) is 4.90 Å². The Morgan fingerprint density at radius 1 is 0.964 bits per heavy atom. The summed E-state index contributed by atoms with van der Waals surface area (Å²) < 4.78 is 97.8. The average Bonchev–Trinajstić information content (AvgIpc) is 2.47. The molecule has 0 heterocycles. The third-order valence-corrected chi connectivity index (χ3v) is 5.59. The van der Waals surface area contributed by atoms with Gasteiger partial charge in [-0.2, -0.15) is 17.9 Å². The molecular weight excluding hydrogens is 405 g/mol. The van der Waals surface area contributed by atoms with Gasteiger partial charge >= 0.3 is 6.18 Å². The van der Waals surface area contributed by atoms with E-state index in [2.05, 4.69) is 0 Å². The summed E-state index contributed by atoms with van der Waals surface area (Å²) in [5, 5.41) is 0. The first-order chi connectivity index (χ1) is 12.8. The fourth-order valence-electron chi connectivity index (χ4n) is 2.82. The highest BCUT2D eigenvalue weighted by atomic mass is 32.2. The summed E-state index contributed by atoms with van der Waals surface area (Å²) in [6, 6.07) is 2.37. The molecule has 1 unspecified atom stereocenters. The van der Waals surface area contributed by atoms with Crippen molar-refractivity contribution in [3.05, 3.63) is 58.7 Å². The molecular formula is C18H18F5NO3S. The first kappa shape index (κ1) is 22.1. The molecule has 0 aromatic heterocycles. The van der Waals surface area contributed by atoms with Crippen molar-refractivity contribution < 1.29 is 35.1 Å². The van der Waals surface area contributed by atoms with Gasteiger partial charge in [0, 0.05) is 18.2 Å². The van der Waals surface area contributed by atoms with Gasteiger partial charge in [-0.25, -0.2) is 17.2 Å². The topological polar surface area (TPSA) is 55.4 Å². The lowest BCUT2D eigenvalue weighted by atomic mass is 10.1. The Kier molecular flexibility index (Phi) is 6.34. The smallest absolute Gasteiger partial charge is 0.408 e. The van der Waals surface area contributed by atoms with Gasteiger partial charge < -0.3 is 4.74 Å². The van der Waals surface area contributed by atoms with Gasteiger partial charge in [-0.1, -0.05) is 17.7 Å². The van der Waals surface area contributed by atoms with E-state index in [9.17, 15) is 30.4 Å². The van der Waals surface area contributed by atoms with E-state index >= 15 is 0 Å². The number of nitrogens with one attached hydrogen (secondary N) is 1. The van der Waals surface area contributed by atoms with Gasteiger partial charge in [-0.3, -0.25) is 0 Å². The van der Waals surface area contributed by atoms with Crippen LogP contribution in [0.2, 0.25) is 0 Å². The predicted octanol–water partition coefficient (Wildman–Crippen LogP) is 4.18. The summed E-state index contributed by atoms with van der Waals surface area (Å²) in [5.41, 5.74) is 1.34. The zero-order chi connectivity index (χ0) is 21.3. The Hall–Kier alpha value is -2.20. The Morgan fingerprint density at radius 2 is 1.46 bits per heavy atom. The molecule has 0 aliphatic carbocycles. The van der Waals surface area contributed by atoms with Crippen LogP contribution in [0.1, 0.15) is 16.7 Å². The molecule has 0 spiro atoms. The van der Waals surface area contributed by atoms with Gasteiger partial charge in [-0.05, 0) is 31.9 Å². The lowest BCUT2D eigenvalue weighted by Crippen LogP contribution is -2.49. The van der Waals surface area contributed by atoms with Crippen molar-refractivity contribution in [1.29, 1.82) is 0 Å². The summed E-state index contributed by atoms with van der Waals surface area (Å²) in [5.74, 6) is -2.57. The Balaban J connectivity index is 2.29. The molecule has 0 saturated heterocycles. The van der Waals surface area contributed by atoms with E-state index in [1.54, 1.807) is 11.6 Å². The Labute approximate surface area is 159 Å². The van der Waals surface area contributed by atoms with E-state index in [0.29, 0.717) is 29.3 Å². The minimum absolute atomic E-state index is 0.260. The highest BCUT2D eigenvalue weighted by Crippen LogP contribution is 2.26. The maximum atomic E-state index is 13.3. The van der Waals surface area contributed by atoms with Crippen molar-refractivity contribution in [3.63, 3.8) is 0 Å². The first-order valence-electron chi connectivity index (χ1n) is 8.05. The Morgan fingerprint density at radius 3 is 1.93 bits per heavy atom. The number of hydrogen-bond donors (Lipinski definition) is 1. The van der Waals surface area contributed by atoms with Crippen LogP contribution in [0.15, 0.2) is 35.2 Å². The highest BCUT2D eigenvalue weighted by Gasteiger charge is 2.43. The quantitative estimate of drug-likeness (QED) is 0.710. The van der Waals surface area contributed by atoms with E-state index in [1.807, 2.05) is 0 Å². The molecule has 1 atom stereocenters. The van der Waals surface area contributed by atoms with Gasteiger partial charge in [0.25, 0.3) is 0 Å². The molecule has 0 radical (unpaired) electrons. The van der Waals surface area contributed by atoms with Crippen molar-refractivity contribution in [1.82, 2.24) is 4.72 Å². The number of sulfonamides is 1. The summed E-state index contributed by atoms with van der Waals surface area (Å²) in [6.07, 6.45) is -4.99. The molecule has 2 aromatic carbocycles. The van der Waals surface area contributed by atoms with E-state index in [4.69, 9.17) is 4.74 Å². The molecule has 0 aliphatic heterocycles. The van der Waals surface area contributed by atoms with Gasteiger partial charge in [0.2, 0.25) is 10.0 Å². The summed E-state index contributed by atoms with van der Waals surface area (Å²) in [4.78, 5) is -0.260. The number of ether oxygens (including phenoxy) is 1. The second kappa shape index (κ2) is 8.04. The SMILES string of the molecule is Cc1cc(C)c(S(=O)(=O)NC(COc2cc(F)cc(F)c2)C(F)(F)F)c(C)c1. The number of benzene rings is 2. The van der Waals surface area contributed by atoms with E-state index in [1.165, 1.54) is 26.0 Å². The molecule has 1 N–H and O–H groups in total. The molecule has 28 heavy (non-hydrogen) atoms. The van der Waals surface area contributed by atoms with Crippen LogP contribution < -0.4 is 9.46 Å². The van der Waals surface area contributed by atoms with Crippen LogP contribution in [0.3, 0.4) is 0 Å². The largest absolute Gasteiger partial charge is 0.491 e. The average molecular weight is 423 g/mol. The van der Waals surface area contributed by atoms with Crippen molar-refractivity contribution in [2.45, 2.75) is 37.9 Å². The van der Waals surface area contributed by atoms with Crippen LogP contribution >= 0.6 is 0 Å². The normalized spacial score (nSPS) is 13.4. The molecule has 4 nitrogen and oxygen atoms in total. The monoisotopic (exact) mass is 423 g/mol. The zero-order valence-corrected chi connectivity index (χ0v) is 16.0. The van der Waals surface area contributed by atoms with Crippen molar-refractivity contribution in [3.8, 4) is 5.75 Å². The lowest BCUT2D eigenvalue weighted by Gasteiger charge is -2.23. The number of rotatable bonds is 6. The fourth-order valence-corrected chi connectivity index (χ4v) is 4.48. The Bertz CT molecular complexity index is 930. The predicted molar refractivity (Wildman–Crippen MR) is 92.7 cm³/mol. The van der Waals surface area contributed by atoms with E-state index in [-0.39, 0.29) is 4.90 Å². The number of alkyl halides is 3.